The van der Waals surface area contributed by atoms with Gasteiger partial charge in [0.2, 0.25) is 0 Å². The third-order valence-electron chi connectivity index (χ3n) is 3.86. The number of carbonyl (C=O) groups excluding carboxylic acids is 2. The van der Waals surface area contributed by atoms with Gasteiger partial charge in [-0.2, -0.15) is 0 Å². The number of amides is 1. The molecule has 0 aliphatic rings. The Kier molecular flexibility index (Phi) is 5.05. The minimum atomic E-state index is -0.650. The average Bonchev–Trinajstić information content (AvgIpc) is 2.97. The fraction of sp³-hybridized carbons (Fsp3) is 0.158. The van der Waals surface area contributed by atoms with Gasteiger partial charge in [0.15, 0.2) is 6.61 Å². The molecule has 0 fully saturated rings. The van der Waals surface area contributed by atoms with E-state index in [1.807, 2.05) is 54.6 Å². The number of halogens is 1. The normalized spacial score (nSPS) is 10.6. The quantitative estimate of drug-likeness (QED) is 0.710. The second-order valence-electron chi connectivity index (χ2n) is 5.67. The summed E-state index contributed by atoms with van der Waals surface area (Å²) in [5, 5.41) is 1.04. The summed E-state index contributed by atoms with van der Waals surface area (Å²) in [6, 6.07) is 16.9. The van der Waals surface area contributed by atoms with Crippen LogP contribution in [0.5, 0.6) is 0 Å². The SMILES string of the molecule is CN(Cc1ccccc1)C(=O)COC(=O)c1[nH]c2ccccc2c1Cl. The van der Waals surface area contributed by atoms with Gasteiger partial charge in [0.05, 0.1) is 5.02 Å². The number of benzene rings is 2. The van der Waals surface area contributed by atoms with Crippen molar-refractivity contribution in [2.75, 3.05) is 13.7 Å². The molecular formula is C19H17ClN2O3. The summed E-state index contributed by atoms with van der Waals surface area (Å²) in [6.07, 6.45) is 0. The number of carbonyl (C=O) groups is 2. The molecule has 0 spiro atoms. The topological polar surface area (TPSA) is 62.4 Å². The van der Waals surface area contributed by atoms with Gasteiger partial charge in [-0.15, -0.1) is 0 Å². The van der Waals surface area contributed by atoms with Crippen molar-refractivity contribution in [1.29, 1.82) is 0 Å². The van der Waals surface area contributed by atoms with E-state index in [0.29, 0.717) is 11.6 Å². The van der Waals surface area contributed by atoms with Crippen molar-refractivity contribution in [3.05, 3.63) is 70.9 Å². The maximum absolute atomic E-state index is 12.2. The Labute approximate surface area is 150 Å². The van der Waals surface area contributed by atoms with Crippen molar-refractivity contribution in [2.45, 2.75) is 6.54 Å². The van der Waals surface area contributed by atoms with Crippen LogP contribution >= 0.6 is 11.6 Å². The van der Waals surface area contributed by atoms with Crippen molar-refractivity contribution < 1.29 is 14.3 Å². The van der Waals surface area contributed by atoms with E-state index in [4.69, 9.17) is 16.3 Å². The first-order valence-electron chi connectivity index (χ1n) is 7.77. The fourth-order valence-corrected chi connectivity index (χ4v) is 2.79. The summed E-state index contributed by atoms with van der Waals surface area (Å²) in [4.78, 5) is 28.8. The van der Waals surface area contributed by atoms with Crippen molar-refractivity contribution in [1.82, 2.24) is 9.88 Å². The molecule has 1 heterocycles. The van der Waals surface area contributed by atoms with Crippen LogP contribution in [0.1, 0.15) is 16.1 Å². The summed E-state index contributed by atoms with van der Waals surface area (Å²) in [7, 11) is 1.67. The van der Waals surface area contributed by atoms with Gasteiger partial charge in [0.1, 0.15) is 5.69 Å². The van der Waals surface area contributed by atoms with Crippen molar-refractivity contribution in [2.24, 2.45) is 0 Å². The highest BCUT2D eigenvalue weighted by molar-refractivity contribution is 6.38. The molecule has 0 unspecified atom stereocenters. The maximum atomic E-state index is 12.2. The zero-order chi connectivity index (χ0) is 17.8. The molecule has 6 heteroatoms. The molecule has 1 aromatic heterocycles. The summed E-state index contributed by atoms with van der Waals surface area (Å²) < 4.78 is 5.11. The molecule has 0 bridgehead atoms. The number of nitrogens with zero attached hydrogens (tertiary/aromatic N) is 1. The number of fused-ring (bicyclic) bond motifs is 1. The number of hydrogen-bond donors (Lipinski definition) is 1. The highest BCUT2D eigenvalue weighted by Crippen LogP contribution is 2.27. The molecule has 3 rings (SSSR count). The van der Waals surface area contributed by atoms with Crippen LogP contribution in [0, 0.1) is 0 Å². The van der Waals surface area contributed by atoms with E-state index < -0.39 is 5.97 Å². The number of likely N-dealkylation sites (N-methyl/N-ethyl adjacent to an activating group) is 1. The molecule has 5 nitrogen and oxygen atoms in total. The number of esters is 1. The van der Waals surface area contributed by atoms with Crippen LogP contribution in [0.3, 0.4) is 0 Å². The molecule has 1 N–H and O–H groups in total. The number of aromatic nitrogens is 1. The second kappa shape index (κ2) is 7.40. The molecule has 0 radical (unpaired) electrons. The summed E-state index contributed by atoms with van der Waals surface area (Å²) in [6.45, 7) is 0.109. The molecule has 0 atom stereocenters. The predicted molar refractivity (Wildman–Crippen MR) is 96.5 cm³/mol. The van der Waals surface area contributed by atoms with Crippen molar-refractivity contribution in [3.8, 4) is 0 Å². The first-order chi connectivity index (χ1) is 12.1. The van der Waals surface area contributed by atoms with Crippen LogP contribution < -0.4 is 0 Å². The molecule has 0 aliphatic heterocycles. The number of rotatable bonds is 5. The number of para-hydroxylation sites is 1. The molecule has 2 aromatic carbocycles. The fourth-order valence-electron chi connectivity index (χ4n) is 2.50. The Bertz CT molecular complexity index is 905. The third-order valence-corrected chi connectivity index (χ3v) is 4.25. The van der Waals surface area contributed by atoms with Crippen LogP contribution in [-0.4, -0.2) is 35.4 Å². The van der Waals surface area contributed by atoms with Crippen LogP contribution in [-0.2, 0) is 16.1 Å². The Morgan fingerprint density at radius 2 is 1.76 bits per heavy atom. The molecule has 128 valence electrons. The van der Waals surface area contributed by atoms with Crippen LogP contribution in [0.4, 0.5) is 0 Å². The van der Waals surface area contributed by atoms with E-state index in [1.165, 1.54) is 4.90 Å². The lowest BCUT2D eigenvalue weighted by Gasteiger charge is -2.17. The van der Waals surface area contributed by atoms with Gasteiger partial charge in [-0.25, -0.2) is 4.79 Å². The molecule has 1 amide bonds. The second-order valence-corrected chi connectivity index (χ2v) is 6.05. The van der Waals surface area contributed by atoms with E-state index >= 15 is 0 Å². The third kappa shape index (κ3) is 3.83. The number of hydrogen-bond acceptors (Lipinski definition) is 3. The average molecular weight is 357 g/mol. The minimum absolute atomic E-state index is 0.154. The number of H-pyrrole nitrogens is 1. The standard InChI is InChI=1S/C19H17ClN2O3/c1-22(11-13-7-3-2-4-8-13)16(23)12-25-19(24)18-17(20)14-9-5-6-10-15(14)21-18/h2-10,21H,11-12H2,1H3. The van der Waals surface area contributed by atoms with E-state index in [-0.39, 0.29) is 18.2 Å². The number of ether oxygens (including phenoxy) is 1. The molecular weight excluding hydrogens is 340 g/mol. The maximum Gasteiger partial charge on any atom is 0.356 e. The van der Waals surface area contributed by atoms with Crippen LogP contribution in [0.2, 0.25) is 5.02 Å². The summed E-state index contributed by atoms with van der Waals surface area (Å²) in [5.74, 6) is -0.938. The lowest BCUT2D eigenvalue weighted by Crippen LogP contribution is -2.30. The van der Waals surface area contributed by atoms with E-state index in [0.717, 1.165) is 16.5 Å². The zero-order valence-electron chi connectivity index (χ0n) is 13.7. The largest absolute Gasteiger partial charge is 0.451 e. The highest BCUT2D eigenvalue weighted by atomic mass is 35.5. The number of nitrogens with one attached hydrogen (secondary N) is 1. The van der Waals surface area contributed by atoms with Gasteiger partial charge in [0, 0.05) is 24.5 Å². The molecule has 0 aliphatic carbocycles. The molecule has 0 saturated carbocycles. The Morgan fingerprint density at radius 1 is 1.08 bits per heavy atom. The number of aromatic amines is 1. The lowest BCUT2D eigenvalue weighted by molar-refractivity contribution is -0.133. The van der Waals surface area contributed by atoms with Crippen molar-refractivity contribution in [3.63, 3.8) is 0 Å². The van der Waals surface area contributed by atoms with Crippen LogP contribution in [0.25, 0.3) is 10.9 Å². The van der Waals surface area contributed by atoms with Gasteiger partial charge in [-0.1, -0.05) is 60.1 Å². The molecule has 25 heavy (non-hydrogen) atoms. The predicted octanol–water partition coefficient (Wildman–Crippen LogP) is 3.64. The minimum Gasteiger partial charge on any atom is -0.451 e. The van der Waals surface area contributed by atoms with Gasteiger partial charge in [-0.3, -0.25) is 4.79 Å². The van der Waals surface area contributed by atoms with E-state index in [2.05, 4.69) is 4.98 Å². The Morgan fingerprint density at radius 3 is 2.48 bits per heavy atom. The monoisotopic (exact) mass is 356 g/mol. The van der Waals surface area contributed by atoms with Crippen LogP contribution in [0.15, 0.2) is 54.6 Å². The first-order valence-corrected chi connectivity index (χ1v) is 8.15. The molecule has 3 aromatic rings. The first kappa shape index (κ1) is 17.0. The van der Waals surface area contributed by atoms with Gasteiger partial charge in [-0.05, 0) is 11.6 Å². The Hall–Kier alpha value is -2.79. The summed E-state index contributed by atoms with van der Waals surface area (Å²) >= 11 is 6.21. The Balaban J connectivity index is 1.61. The highest BCUT2D eigenvalue weighted by Gasteiger charge is 2.19. The van der Waals surface area contributed by atoms with Gasteiger partial charge < -0.3 is 14.6 Å². The van der Waals surface area contributed by atoms with E-state index in [1.54, 1.807) is 7.05 Å². The van der Waals surface area contributed by atoms with E-state index in [9.17, 15) is 9.59 Å². The van der Waals surface area contributed by atoms with Gasteiger partial charge in [0.25, 0.3) is 5.91 Å². The lowest BCUT2D eigenvalue weighted by atomic mass is 10.2. The smallest absolute Gasteiger partial charge is 0.356 e. The zero-order valence-corrected chi connectivity index (χ0v) is 14.4. The van der Waals surface area contributed by atoms with Gasteiger partial charge >= 0.3 is 5.97 Å². The van der Waals surface area contributed by atoms with Crippen molar-refractivity contribution >= 4 is 34.4 Å². The summed E-state index contributed by atoms with van der Waals surface area (Å²) in [5.41, 5.74) is 1.90. The molecule has 0 saturated heterocycles.